The van der Waals surface area contributed by atoms with Crippen LogP contribution in [0.3, 0.4) is 0 Å². The molecule has 0 atom stereocenters. The van der Waals surface area contributed by atoms with E-state index in [1.165, 1.54) is 45.6 Å². The van der Waals surface area contributed by atoms with Crippen LogP contribution in [0.5, 0.6) is 0 Å². The van der Waals surface area contributed by atoms with Crippen LogP contribution in [0.4, 0.5) is 8.78 Å². The molecule has 1 rings (SSSR count). The maximum absolute atomic E-state index is 13.8. The molecule has 0 aromatic rings. The van der Waals surface area contributed by atoms with Crippen LogP contribution < -0.4 is 0 Å². The smallest absolute Gasteiger partial charge is 0.200 e. The Morgan fingerprint density at radius 3 is 2.30 bits per heavy atom. The molecule has 0 bridgehead atoms. The fraction of sp³-hybridized carbons (Fsp3) is 0.600. The maximum atomic E-state index is 13.8. The quantitative estimate of drug-likeness (QED) is 0.257. The number of hydrogen-bond donors (Lipinski definition) is 0. The first kappa shape index (κ1) is 19.7. The molecule has 130 valence electrons. The molecule has 1 aliphatic carbocycles. The largest absolute Gasteiger partial charge is 0.494 e. The Balaban J connectivity index is 2.44. The summed E-state index contributed by atoms with van der Waals surface area (Å²) in [5.74, 6) is -1.11. The molecule has 3 heteroatoms. The average molecular weight is 324 g/mol. The number of methoxy groups -OCH3 is 1. The molecule has 0 unspecified atom stereocenters. The van der Waals surface area contributed by atoms with E-state index in [1.54, 1.807) is 6.08 Å². The van der Waals surface area contributed by atoms with Crippen molar-refractivity contribution in [2.45, 2.75) is 58.3 Å². The molecule has 0 amide bonds. The molecule has 23 heavy (non-hydrogen) atoms. The van der Waals surface area contributed by atoms with E-state index in [-0.39, 0.29) is 11.3 Å². The lowest BCUT2D eigenvalue weighted by Crippen LogP contribution is -2.13. The van der Waals surface area contributed by atoms with Crippen molar-refractivity contribution in [3.05, 3.63) is 48.3 Å². The Kier molecular flexibility index (Phi) is 8.90. The number of hydrogen-bond acceptors (Lipinski definition) is 1. The van der Waals surface area contributed by atoms with Crippen molar-refractivity contribution in [2.75, 3.05) is 7.11 Å². The van der Waals surface area contributed by atoms with Crippen LogP contribution in [0.2, 0.25) is 0 Å². The van der Waals surface area contributed by atoms with Crippen LogP contribution in [-0.4, -0.2) is 7.11 Å². The summed E-state index contributed by atoms with van der Waals surface area (Å²) >= 11 is 0. The van der Waals surface area contributed by atoms with Gasteiger partial charge in [0.25, 0.3) is 0 Å². The van der Waals surface area contributed by atoms with Gasteiger partial charge in [0.2, 0.25) is 5.83 Å². The molecule has 1 aliphatic rings. The highest BCUT2D eigenvalue weighted by molar-refractivity contribution is 5.39. The minimum atomic E-state index is -1.08. The summed E-state index contributed by atoms with van der Waals surface area (Å²) in [7, 11) is 1.26. The van der Waals surface area contributed by atoms with Gasteiger partial charge in [0.1, 0.15) is 5.76 Å². The van der Waals surface area contributed by atoms with E-state index in [0.717, 1.165) is 18.8 Å². The lowest BCUT2D eigenvalue weighted by atomic mass is 9.79. The molecule has 0 aliphatic heterocycles. The summed E-state index contributed by atoms with van der Waals surface area (Å²) in [6.45, 7) is 9.12. The molecule has 1 nitrogen and oxygen atoms in total. The van der Waals surface area contributed by atoms with Crippen molar-refractivity contribution < 1.29 is 13.5 Å². The molecular weight excluding hydrogens is 294 g/mol. The van der Waals surface area contributed by atoms with Gasteiger partial charge in [-0.15, -0.1) is 0 Å². The summed E-state index contributed by atoms with van der Waals surface area (Å²) in [5.41, 5.74) is 0.0331. The van der Waals surface area contributed by atoms with Crippen LogP contribution in [-0.2, 0) is 4.74 Å². The summed E-state index contributed by atoms with van der Waals surface area (Å²) in [6.07, 6.45) is 13.5. The first-order chi connectivity index (χ1) is 11.0. The van der Waals surface area contributed by atoms with Gasteiger partial charge in [-0.05, 0) is 37.5 Å². The lowest BCUT2D eigenvalue weighted by molar-refractivity contribution is 0.281. The van der Waals surface area contributed by atoms with E-state index in [9.17, 15) is 8.78 Å². The fourth-order valence-corrected chi connectivity index (χ4v) is 3.03. The Hall–Kier alpha value is -1.38. The van der Waals surface area contributed by atoms with Crippen LogP contribution in [0, 0.1) is 11.8 Å². The van der Waals surface area contributed by atoms with E-state index in [0.29, 0.717) is 5.92 Å². The van der Waals surface area contributed by atoms with Gasteiger partial charge in [0.05, 0.1) is 7.11 Å². The SMILES string of the molecule is C=C(/C=C/C1CCC(CCCCC)CC1)/C(F)=C(/F)C(=C)OC. The Morgan fingerprint density at radius 2 is 1.74 bits per heavy atom. The number of ether oxygens (including phenoxy) is 1. The summed E-state index contributed by atoms with van der Waals surface area (Å²) in [4.78, 5) is 0. The predicted octanol–water partition coefficient (Wildman–Crippen LogP) is 6.80. The van der Waals surface area contributed by atoms with Gasteiger partial charge in [-0.1, -0.05) is 57.9 Å². The zero-order valence-electron chi connectivity index (χ0n) is 14.5. The highest BCUT2D eigenvalue weighted by atomic mass is 19.2. The van der Waals surface area contributed by atoms with Gasteiger partial charge in [-0.25, -0.2) is 4.39 Å². The highest BCUT2D eigenvalue weighted by Crippen LogP contribution is 2.33. The van der Waals surface area contributed by atoms with Gasteiger partial charge in [-0.2, -0.15) is 4.39 Å². The normalized spacial score (nSPS) is 22.8. The second kappa shape index (κ2) is 10.4. The van der Waals surface area contributed by atoms with Crippen LogP contribution >= 0.6 is 0 Å². The lowest BCUT2D eigenvalue weighted by Gasteiger charge is -2.26. The molecular formula is C20H30F2O. The third-order valence-electron chi connectivity index (χ3n) is 4.64. The first-order valence-corrected chi connectivity index (χ1v) is 8.65. The number of unbranched alkanes of at least 4 members (excludes halogenated alkanes) is 2. The van der Waals surface area contributed by atoms with Crippen LogP contribution in [0.25, 0.3) is 0 Å². The summed E-state index contributed by atoms with van der Waals surface area (Å²) in [6, 6.07) is 0. The molecule has 0 spiro atoms. The summed E-state index contributed by atoms with van der Waals surface area (Å²) < 4.78 is 32.0. The van der Waals surface area contributed by atoms with Gasteiger partial charge in [0, 0.05) is 5.57 Å². The molecule has 1 saturated carbocycles. The molecule has 0 heterocycles. The standard InChI is InChI=1S/C20H30F2O/c1-5-6-7-8-17-11-13-18(14-12-17)10-9-15(2)19(21)20(22)16(3)23-4/h9-10,17-18H,2-3,5-8,11-14H2,1,4H3/b10-9+,20-19-. The number of halogens is 2. The van der Waals surface area contributed by atoms with Crippen LogP contribution in [0.15, 0.2) is 48.3 Å². The van der Waals surface area contributed by atoms with Crippen molar-refractivity contribution in [3.63, 3.8) is 0 Å². The fourth-order valence-electron chi connectivity index (χ4n) is 3.03. The predicted molar refractivity (Wildman–Crippen MR) is 93.3 cm³/mol. The molecule has 0 radical (unpaired) electrons. The summed E-state index contributed by atoms with van der Waals surface area (Å²) in [5, 5.41) is 0. The van der Waals surface area contributed by atoms with E-state index in [2.05, 4.69) is 24.8 Å². The van der Waals surface area contributed by atoms with Gasteiger partial charge in [0.15, 0.2) is 5.83 Å². The van der Waals surface area contributed by atoms with Gasteiger partial charge in [-0.3, -0.25) is 0 Å². The highest BCUT2D eigenvalue weighted by Gasteiger charge is 2.19. The number of rotatable bonds is 9. The second-order valence-corrected chi connectivity index (χ2v) is 6.42. The zero-order valence-corrected chi connectivity index (χ0v) is 14.5. The minimum Gasteiger partial charge on any atom is -0.494 e. The minimum absolute atomic E-state index is 0.0331. The van der Waals surface area contributed by atoms with Gasteiger partial charge >= 0.3 is 0 Å². The van der Waals surface area contributed by atoms with Crippen molar-refractivity contribution in [2.24, 2.45) is 11.8 Å². The van der Waals surface area contributed by atoms with Crippen molar-refractivity contribution in [1.82, 2.24) is 0 Å². The molecule has 0 aromatic heterocycles. The van der Waals surface area contributed by atoms with E-state index < -0.39 is 11.7 Å². The topological polar surface area (TPSA) is 9.23 Å². The molecule has 1 fully saturated rings. The van der Waals surface area contributed by atoms with E-state index in [4.69, 9.17) is 0 Å². The van der Waals surface area contributed by atoms with Gasteiger partial charge < -0.3 is 4.74 Å². The second-order valence-electron chi connectivity index (χ2n) is 6.42. The van der Waals surface area contributed by atoms with Crippen LogP contribution in [0.1, 0.15) is 58.3 Å². The van der Waals surface area contributed by atoms with E-state index in [1.807, 2.05) is 6.08 Å². The molecule has 0 aromatic carbocycles. The maximum Gasteiger partial charge on any atom is 0.200 e. The van der Waals surface area contributed by atoms with Crippen molar-refractivity contribution in [1.29, 1.82) is 0 Å². The third kappa shape index (κ3) is 6.72. The first-order valence-electron chi connectivity index (χ1n) is 8.65. The Bertz CT molecular complexity index is 454. The van der Waals surface area contributed by atoms with Crippen molar-refractivity contribution >= 4 is 0 Å². The molecule has 0 saturated heterocycles. The Labute approximate surface area is 139 Å². The average Bonchev–Trinajstić information content (AvgIpc) is 2.58. The monoisotopic (exact) mass is 324 g/mol. The Morgan fingerprint density at radius 1 is 1.09 bits per heavy atom. The van der Waals surface area contributed by atoms with Crippen molar-refractivity contribution in [3.8, 4) is 0 Å². The molecule has 0 N–H and O–H groups in total. The number of allylic oxidation sites excluding steroid dienone is 5. The zero-order chi connectivity index (χ0) is 17.2. The third-order valence-corrected chi connectivity index (χ3v) is 4.64. The van der Waals surface area contributed by atoms with E-state index >= 15 is 0 Å².